The second-order valence-corrected chi connectivity index (χ2v) is 16.3. The summed E-state index contributed by atoms with van der Waals surface area (Å²) in [5.41, 5.74) is -2.13. The SMILES string of the molecule is CC(C)(C)OC(=O)N[C@@H](CCC(C)(C)C(F)(F)F)c1cn2ncc(CC3C[C@@H](C(F)(F)F)N(S(=O)(=O)C4(C)C=CC=CC4=O)C3)cc2n1. The van der Waals surface area contributed by atoms with E-state index < -0.39 is 81.0 Å². The van der Waals surface area contributed by atoms with Crippen molar-refractivity contribution < 1.29 is 49.1 Å². The topological polar surface area (TPSA) is 123 Å². The molecular weight excluding hydrogens is 668 g/mol. The molecule has 0 saturated carbocycles. The molecule has 1 aliphatic heterocycles. The van der Waals surface area contributed by atoms with Gasteiger partial charge in [0.2, 0.25) is 10.0 Å². The average Bonchev–Trinajstić information content (AvgIpc) is 3.56. The Balaban J connectivity index is 1.59. The summed E-state index contributed by atoms with van der Waals surface area (Å²) in [6.07, 6.45) is -3.82. The summed E-state index contributed by atoms with van der Waals surface area (Å²) in [5, 5.41) is 6.84. The van der Waals surface area contributed by atoms with Gasteiger partial charge in [-0.1, -0.05) is 32.1 Å². The molecule has 1 amide bonds. The first kappa shape index (κ1) is 37.4. The molecule has 1 saturated heterocycles. The lowest BCUT2D eigenvalue weighted by molar-refractivity contribution is -0.214. The minimum Gasteiger partial charge on any atom is -0.444 e. The maximum absolute atomic E-state index is 14.2. The number of fused-ring (bicyclic) bond motifs is 1. The van der Waals surface area contributed by atoms with Gasteiger partial charge in [0.15, 0.2) is 16.2 Å². The molecule has 1 aliphatic carbocycles. The summed E-state index contributed by atoms with van der Waals surface area (Å²) in [5.74, 6) is -1.64. The van der Waals surface area contributed by atoms with Crippen LogP contribution in [0.1, 0.15) is 78.1 Å². The maximum atomic E-state index is 14.2. The number of hydrogen-bond acceptors (Lipinski definition) is 7. The first-order valence-corrected chi connectivity index (χ1v) is 16.7. The Morgan fingerprint density at radius 1 is 1.12 bits per heavy atom. The normalized spacial score (nSPS) is 23.5. The van der Waals surface area contributed by atoms with Gasteiger partial charge in [-0.05, 0) is 77.0 Å². The summed E-state index contributed by atoms with van der Waals surface area (Å²) >= 11 is 0. The number of ketones is 1. The number of rotatable bonds is 9. The molecule has 0 spiro atoms. The number of aromatic nitrogens is 3. The van der Waals surface area contributed by atoms with E-state index in [0.29, 0.717) is 9.87 Å². The number of amides is 1. The van der Waals surface area contributed by atoms with Crippen molar-refractivity contribution in [2.45, 2.75) is 102 Å². The van der Waals surface area contributed by atoms with Crippen molar-refractivity contribution in [2.24, 2.45) is 11.3 Å². The Hall–Kier alpha value is -3.47. The lowest BCUT2D eigenvalue weighted by Crippen LogP contribution is -2.54. The van der Waals surface area contributed by atoms with Crippen LogP contribution in [-0.2, 0) is 26.0 Å². The Morgan fingerprint density at radius 3 is 2.38 bits per heavy atom. The molecule has 2 unspecified atom stereocenters. The first-order chi connectivity index (χ1) is 21.8. The van der Waals surface area contributed by atoms with E-state index in [1.807, 2.05) is 0 Å². The van der Waals surface area contributed by atoms with Crippen molar-refractivity contribution in [2.75, 3.05) is 6.54 Å². The van der Waals surface area contributed by atoms with Gasteiger partial charge in [-0.25, -0.2) is 22.7 Å². The highest BCUT2D eigenvalue weighted by Gasteiger charge is 2.58. The fourth-order valence-corrected chi connectivity index (χ4v) is 7.63. The third-order valence-electron chi connectivity index (χ3n) is 8.62. The molecule has 2 aliphatic rings. The molecule has 17 heteroatoms. The number of hydrogen-bond donors (Lipinski definition) is 1. The number of sulfonamides is 1. The van der Waals surface area contributed by atoms with Crippen LogP contribution in [-0.4, -0.2) is 74.5 Å². The molecule has 3 heterocycles. The standard InChI is InChI=1S/C31H39F6N5O5S/c1-27(2,3)47-26(44)40-21(10-12-28(4,5)31(35,36)37)22-18-41-25(39-22)15-19(16-38-41)13-20-14-23(30(32,33)34)42(17-20)48(45,46)29(6)11-8-7-9-24(29)43/h7-9,11,15-16,18,20-21,23H,10,12-14,17H2,1-6H3,(H,40,44)/t20?,21-,23-,29?/m0/s1. The molecule has 2 aromatic heterocycles. The molecular formula is C31H39F6N5O5S. The predicted molar refractivity (Wildman–Crippen MR) is 163 cm³/mol. The van der Waals surface area contributed by atoms with E-state index in [-0.39, 0.29) is 30.6 Å². The lowest BCUT2D eigenvalue weighted by atomic mass is 9.85. The van der Waals surface area contributed by atoms with Crippen LogP contribution in [0.2, 0.25) is 0 Å². The molecule has 4 atom stereocenters. The van der Waals surface area contributed by atoms with Crippen LogP contribution < -0.4 is 5.32 Å². The number of carbonyl (C=O) groups is 2. The first-order valence-electron chi connectivity index (χ1n) is 15.2. The summed E-state index contributed by atoms with van der Waals surface area (Å²) in [4.78, 5) is 29.6. The molecule has 266 valence electrons. The summed E-state index contributed by atoms with van der Waals surface area (Å²) in [6, 6.07) is -1.81. The Kier molecular flexibility index (Phi) is 9.93. The second kappa shape index (κ2) is 12.8. The highest BCUT2D eigenvalue weighted by Crippen LogP contribution is 2.43. The van der Waals surface area contributed by atoms with E-state index in [1.54, 1.807) is 20.8 Å². The lowest BCUT2D eigenvalue weighted by Gasteiger charge is -2.33. The Bertz CT molecular complexity index is 1710. The zero-order valence-corrected chi connectivity index (χ0v) is 28.1. The van der Waals surface area contributed by atoms with Crippen molar-refractivity contribution in [3.63, 3.8) is 0 Å². The molecule has 2 aromatic rings. The van der Waals surface area contributed by atoms with E-state index >= 15 is 0 Å². The van der Waals surface area contributed by atoms with Crippen LogP contribution >= 0.6 is 0 Å². The van der Waals surface area contributed by atoms with Crippen LogP contribution in [0.25, 0.3) is 5.65 Å². The number of allylic oxidation sites excluding steroid dienone is 3. The number of halogens is 6. The number of alkyl halides is 6. The number of ether oxygens (including phenoxy) is 1. The maximum Gasteiger partial charge on any atom is 0.408 e. The van der Waals surface area contributed by atoms with E-state index in [4.69, 9.17) is 4.74 Å². The van der Waals surface area contributed by atoms with Gasteiger partial charge in [-0.15, -0.1) is 0 Å². The average molecular weight is 708 g/mol. The minimum absolute atomic E-state index is 0.00987. The van der Waals surface area contributed by atoms with Gasteiger partial charge in [-0.2, -0.15) is 35.7 Å². The fraction of sp³-hybridized carbons (Fsp3) is 0.613. The van der Waals surface area contributed by atoms with Gasteiger partial charge in [-0.3, -0.25) is 4.79 Å². The van der Waals surface area contributed by atoms with Crippen molar-refractivity contribution in [3.05, 3.63) is 54.0 Å². The third kappa shape index (κ3) is 7.87. The zero-order valence-electron chi connectivity index (χ0n) is 27.3. The summed E-state index contributed by atoms with van der Waals surface area (Å²) < 4.78 is 115. The predicted octanol–water partition coefficient (Wildman–Crippen LogP) is 6.24. The molecule has 0 aromatic carbocycles. The highest BCUT2D eigenvalue weighted by molar-refractivity contribution is 7.91. The van der Waals surface area contributed by atoms with Gasteiger partial charge >= 0.3 is 18.4 Å². The van der Waals surface area contributed by atoms with E-state index in [9.17, 15) is 44.3 Å². The van der Waals surface area contributed by atoms with Gasteiger partial charge in [0.05, 0.1) is 29.5 Å². The van der Waals surface area contributed by atoms with Gasteiger partial charge in [0, 0.05) is 6.54 Å². The van der Waals surface area contributed by atoms with Crippen LogP contribution in [0, 0.1) is 11.3 Å². The summed E-state index contributed by atoms with van der Waals surface area (Å²) in [6.45, 7) is 7.58. The molecule has 10 nitrogen and oxygen atoms in total. The van der Waals surface area contributed by atoms with Crippen molar-refractivity contribution in [3.8, 4) is 0 Å². The van der Waals surface area contributed by atoms with Crippen LogP contribution in [0.15, 0.2) is 42.8 Å². The fourth-order valence-electron chi connectivity index (χ4n) is 5.62. The third-order valence-corrected chi connectivity index (χ3v) is 11.1. The molecule has 1 fully saturated rings. The van der Waals surface area contributed by atoms with Gasteiger partial charge in [0.25, 0.3) is 0 Å². The number of alkyl carbamates (subject to hydrolysis) is 1. The van der Waals surface area contributed by atoms with Crippen LogP contribution in [0.5, 0.6) is 0 Å². The molecule has 0 bridgehead atoms. The molecule has 1 N–H and O–H groups in total. The van der Waals surface area contributed by atoms with Gasteiger partial charge in [0.1, 0.15) is 11.6 Å². The minimum atomic E-state index is -4.90. The van der Waals surface area contributed by atoms with E-state index in [2.05, 4.69) is 15.4 Å². The summed E-state index contributed by atoms with van der Waals surface area (Å²) in [7, 11) is -4.78. The highest BCUT2D eigenvalue weighted by atomic mass is 32.2. The smallest absolute Gasteiger partial charge is 0.408 e. The molecule has 0 radical (unpaired) electrons. The Labute approximate surface area is 274 Å². The van der Waals surface area contributed by atoms with Crippen LogP contribution in [0.3, 0.4) is 0 Å². The number of nitrogens with zero attached hydrogens (tertiary/aromatic N) is 4. The van der Waals surface area contributed by atoms with E-state index in [0.717, 1.165) is 32.9 Å². The van der Waals surface area contributed by atoms with Crippen LogP contribution in [0.4, 0.5) is 31.1 Å². The second-order valence-electron chi connectivity index (χ2n) is 14.1. The van der Waals surface area contributed by atoms with E-state index in [1.165, 1.54) is 35.1 Å². The zero-order chi connectivity index (χ0) is 36.1. The molecule has 4 rings (SSSR count). The quantitative estimate of drug-likeness (QED) is 0.306. The van der Waals surface area contributed by atoms with Crippen molar-refractivity contribution in [1.82, 2.24) is 24.2 Å². The molecule has 48 heavy (non-hydrogen) atoms. The Morgan fingerprint density at radius 2 is 1.79 bits per heavy atom. The number of imidazole rings is 1. The van der Waals surface area contributed by atoms with Gasteiger partial charge < -0.3 is 10.1 Å². The number of nitrogens with one attached hydrogen (secondary N) is 1. The van der Waals surface area contributed by atoms with Crippen molar-refractivity contribution in [1.29, 1.82) is 0 Å². The number of carbonyl (C=O) groups excluding carboxylic acids is 2. The van der Waals surface area contributed by atoms with Crippen molar-refractivity contribution >= 4 is 27.5 Å². The largest absolute Gasteiger partial charge is 0.444 e. The monoisotopic (exact) mass is 707 g/mol.